The summed E-state index contributed by atoms with van der Waals surface area (Å²) in [6.07, 6.45) is 3.47. The summed E-state index contributed by atoms with van der Waals surface area (Å²) in [5.41, 5.74) is 0.895. The van der Waals surface area contributed by atoms with Gasteiger partial charge in [0.25, 0.3) is 0 Å². The molecule has 20 heavy (non-hydrogen) atoms. The average molecular weight is 297 g/mol. The van der Waals surface area contributed by atoms with Crippen LogP contribution in [0.1, 0.15) is 29.8 Å². The Labute approximate surface area is 123 Å². The van der Waals surface area contributed by atoms with Gasteiger partial charge in [0.05, 0.1) is 0 Å². The largest absolute Gasteiger partial charge is 0.355 e. The van der Waals surface area contributed by atoms with E-state index in [1.807, 2.05) is 13.8 Å². The molecule has 2 rings (SSSR count). The van der Waals surface area contributed by atoms with Crippen LogP contribution in [-0.2, 0) is 11.3 Å². The standard InChI is InChI=1S/C14H23N3O2S/c1-10-11(2)20-14(19)17(10)9-13(18)16-7-5-12-4-3-6-15-8-12/h12,15H,3-9H2,1-2H3,(H,16,18). The minimum atomic E-state index is -0.0724. The second-order valence-corrected chi connectivity index (χ2v) is 6.61. The molecule has 2 N–H and O–H groups in total. The van der Waals surface area contributed by atoms with Gasteiger partial charge in [0, 0.05) is 17.1 Å². The van der Waals surface area contributed by atoms with E-state index in [1.54, 1.807) is 4.57 Å². The second-order valence-electron chi connectivity index (χ2n) is 5.45. The molecule has 0 aliphatic carbocycles. The zero-order chi connectivity index (χ0) is 14.5. The van der Waals surface area contributed by atoms with E-state index < -0.39 is 0 Å². The Kier molecular flexibility index (Phi) is 5.37. The molecule has 1 fully saturated rings. The molecule has 0 bridgehead atoms. The van der Waals surface area contributed by atoms with Crippen molar-refractivity contribution in [3.63, 3.8) is 0 Å². The Morgan fingerprint density at radius 1 is 1.50 bits per heavy atom. The molecule has 1 amide bonds. The van der Waals surface area contributed by atoms with E-state index >= 15 is 0 Å². The van der Waals surface area contributed by atoms with Crippen molar-refractivity contribution >= 4 is 17.2 Å². The maximum atomic E-state index is 11.9. The van der Waals surface area contributed by atoms with Gasteiger partial charge < -0.3 is 10.6 Å². The monoisotopic (exact) mass is 297 g/mol. The molecule has 1 atom stereocenters. The van der Waals surface area contributed by atoms with Gasteiger partial charge in [0.15, 0.2) is 0 Å². The van der Waals surface area contributed by atoms with E-state index in [-0.39, 0.29) is 17.3 Å². The molecular weight excluding hydrogens is 274 g/mol. The molecule has 1 aromatic rings. The van der Waals surface area contributed by atoms with Crippen molar-refractivity contribution in [2.75, 3.05) is 19.6 Å². The summed E-state index contributed by atoms with van der Waals surface area (Å²) in [5, 5.41) is 6.29. The SMILES string of the molecule is Cc1sc(=O)n(CC(=O)NCCC2CCCNC2)c1C. The van der Waals surface area contributed by atoms with Crippen LogP contribution in [0, 0.1) is 19.8 Å². The summed E-state index contributed by atoms with van der Waals surface area (Å²) in [6.45, 7) is 6.79. The van der Waals surface area contributed by atoms with E-state index in [2.05, 4.69) is 10.6 Å². The van der Waals surface area contributed by atoms with Gasteiger partial charge in [-0.25, -0.2) is 0 Å². The van der Waals surface area contributed by atoms with Gasteiger partial charge in [-0.05, 0) is 52.1 Å². The average Bonchev–Trinajstić information content (AvgIpc) is 2.67. The Morgan fingerprint density at radius 2 is 2.30 bits per heavy atom. The van der Waals surface area contributed by atoms with Crippen molar-refractivity contribution in [2.24, 2.45) is 5.92 Å². The fourth-order valence-corrected chi connectivity index (χ4v) is 3.39. The van der Waals surface area contributed by atoms with Crippen LogP contribution in [0.25, 0.3) is 0 Å². The third kappa shape index (κ3) is 3.93. The van der Waals surface area contributed by atoms with Crippen molar-refractivity contribution in [2.45, 2.75) is 39.7 Å². The normalized spacial score (nSPS) is 19.0. The number of nitrogens with zero attached hydrogens (tertiary/aromatic N) is 1. The number of piperidine rings is 1. The highest BCUT2D eigenvalue weighted by molar-refractivity contribution is 7.09. The topological polar surface area (TPSA) is 63.1 Å². The fourth-order valence-electron chi connectivity index (χ4n) is 2.56. The molecule has 1 aromatic heterocycles. The molecule has 1 aliphatic rings. The van der Waals surface area contributed by atoms with E-state index in [9.17, 15) is 9.59 Å². The van der Waals surface area contributed by atoms with Crippen molar-refractivity contribution in [3.05, 3.63) is 20.2 Å². The molecule has 0 spiro atoms. The van der Waals surface area contributed by atoms with Crippen molar-refractivity contribution < 1.29 is 4.79 Å². The number of hydrogen-bond donors (Lipinski definition) is 2. The summed E-state index contributed by atoms with van der Waals surface area (Å²) in [5.74, 6) is 0.591. The summed E-state index contributed by atoms with van der Waals surface area (Å²) in [4.78, 5) is 24.5. The molecule has 6 heteroatoms. The number of nitrogens with one attached hydrogen (secondary N) is 2. The van der Waals surface area contributed by atoms with Gasteiger partial charge in [-0.15, -0.1) is 0 Å². The Bertz CT molecular complexity index is 515. The quantitative estimate of drug-likeness (QED) is 0.853. The molecule has 5 nitrogen and oxygen atoms in total. The lowest BCUT2D eigenvalue weighted by Crippen LogP contribution is -2.35. The summed E-state index contributed by atoms with van der Waals surface area (Å²) >= 11 is 1.20. The number of carbonyl (C=O) groups excluding carboxylic acids is 1. The third-order valence-corrected chi connectivity index (χ3v) is 4.95. The zero-order valence-electron chi connectivity index (χ0n) is 12.2. The van der Waals surface area contributed by atoms with Gasteiger partial charge in [-0.1, -0.05) is 11.3 Å². The first-order valence-corrected chi connectivity index (χ1v) is 8.04. The maximum Gasteiger partial charge on any atom is 0.308 e. The van der Waals surface area contributed by atoms with Gasteiger partial charge in [0.1, 0.15) is 6.54 Å². The van der Waals surface area contributed by atoms with E-state index in [4.69, 9.17) is 0 Å². The first-order valence-electron chi connectivity index (χ1n) is 7.22. The highest BCUT2D eigenvalue weighted by Crippen LogP contribution is 2.13. The highest BCUT2D eigenvalue weighted by Gasteiger charge is 2.14. The number of aryl methyl sites for hydroxylation is 1. The lowest BCUT2D eigenvalue weighted by Gasteiger charge is -2.22. The molecule has 112 valence electrons. The first kappa shape index (κ1) is 15.3. The van der Waals surface area contributed by atoms with Crippen LogP contribution in [0.4, 0.5) is 0 Å². The molecule has 1 saturated heterocycles. The smallest absolute Gasteiger partial charge is 0.308 e. The van der Waals surface area contributed by atoms with Crippen molar-refractivity contribution in [3.8, 4) is 0 Å². The molecular formula is C14H23N3O2S. The van der Waals surface area contributed by atoms with E-state index in [0.717, 1.165) is 30.1 Å². The Morgan fingerprint density at radius 3 is 2.90 bits per heavy atom. The zero-order valence-corrected chi connectivity index (χ0v) is 13.0. The van der Waals surface area contributed by atoms with Crippen LogP contribution >= 0.6 is 11.3 Å². The minimum Gasteiger partial charge on any atom is -0.355 e. The number of rotatable bonds is 5. The molecule has 0 saturated carbocycles. The van der Waals surface area contributed by atoms with Crippen LogP contribution in [-0.4, -0.2) is 30.1 Å². The number of hydrogen-bond acceptors (Lipinski definition) is 4. The lowest BCUT2D eigenvalue weighted by atomic mass is 9.96. The predicted octanol–water partition coefficient (Wildman–Crippen LogP) is 1.03. The van der Waals surface area contributed by atoms with Gasteiger partial charge >= 0.3 is 4.87 Å². The number of amides is 1. The maximum absolute atomic E-state index is 11.9. The first-order chi connectivity index (χ1) is 9.58. The van der Waals surface area contributed by atoms with Crippen molar-refractivity contribution in [1.29, 1.82) is 0 Å². The van der Waals surface area contributed by atoms with E-state index in [1.165, 1.54) is 24.2 Å². The van der Waals surface area contributed by atoms with Gasteiger partial charge in [-0.2, -0.15) is 0 Å². The summed E-state index contributed by atoms with van der Waals surface area (Å²) in [6, 6.07) is 0. The molecule has 0 radical (unpaired) electrons. The van der Waals surface area contributed by atoms with Crippen LogP contribution in [0.15, 0.2) is 4.79 Å². The Balaban J connectivity index is 1.76. The van der Waals surface area contributed by atoms with Gasteiger partial charge in [0.2, 0.25) is 5.91 Å². The fraction of sp³-hybridized carbons (Fsp3) is 0.714. The lowest BCUT2D eigenvalue weighted by molar-refractivity contribution is -0.121. The van der Waals surface area contributed by atoms with Crippen LogP contribution < -0.4 is 15.5 Å². The van der Waals surface area contributed by atoms with Crippen LogP contribution in [0.3, 0.4) is 0 Å². The molecule has 1 aliphatic heterocycles. The van der Waals surface area contributed by atoms with Crippen molar-refractivity contribution in [1.82, 2.24) is 15.2 Å². The highest BCUT2D eigenvalue weighted by atomic mass is 32.1. The number of carbonyl (C=O) groups is 1. The molecule has 0 aromatic carbocycles. The Hall–Kier alpha value is -1.14. The van der Waals surface area contributed by atoms with E-state index in [0.29, 0.717) is 12.5 Å². The molecule has 2 heterocycles. The molecule has 1 unspecified atom stereocenters. The predicted molar refractivity (Wildman–Crippen MR) is 81.3 cm³/mol. The van der Waals surface area contributed by atoms with Crippen LogP contribution in [0.2, 0.25) is 0 Å². The van der Waals surface area contributed by atoms with Crippen LogP contribution in [0.5, 0.6) is 0 Å². The number of thiazole rings is 1. The minimum absolute atomic E-state index is 0.0494. The number of aromatic nitrogens is 1. The third-order valence-electron chi connectivity index (χ3n) is 3.95. The summed E-state index contributed by atoms with van der Waals surface area (Å²) in [7, 11) is 0. The van der Waals surface area contributed by atoms with Gasteiger partial charge in [-0.3, -0.25) is 14.2 Å². The second kappa shape index (κ2) is 7.04. The summed E-state index contributed by atoms with van der Waals surface area (Å²) < 4.78 is 1.55.